The van der Waals surface area contributed by atoms with Gasteiger partial charge in [-0.25, -0.2) is 0 Å². The molecule has 2 rings (SSSR count). The Morgan fingerprint density at radius 2 is 1.75 bits per heavy atom. The Kier molecular flexibility index (Phi) is 4.14. The van der Waals surface area contributed by atoms with E-state index in [-0.39, 0.29) is 12.5 Å². The molecule has 1 heterocycles. The fraction of sp³-hybridized carbons (Fsp3) is 0.357. The molecule has 0 atom stereocenters. The highest BCUT2D eigenvalue weighted by atomic mass is 16.2. The number of imide groups is 1. The first-order valence-electron chi connectivity index (χ1n) is 6.53. The molecule has 1 aliphatic rings. The van der Waals surface area contributed by atoms with E-state index in [2.05, 4.69) is 0 Å². The van der Waals surface area contributed by atoms with Crippen LogP contribution in [0.4, 0.5) is 0 Å². The first-order valence-corrected chi connectivity index (χ1v) is 6.53. The highest BCUT2D eigenvalue weighted by Gasteiger charge is 2.36. The lowest BCUT2D eigenvalue weighted by Gasteiger charge is -2.22. The van der Waals surface area contributed by atoms with Gasteiger partial charge >= 0.3 is 0 Å². The quantitative estimate of drug-likeness (QED) is 0.772. The molecule has 0 unspecified atom stereocenters. The lowest BCUT2D eigenvalue weighted by Crippen LogP contribution is -2.44. The van der Waals surface area contributed by atoms with Crippen LogP contribution in [0.2, 0.25) is 0 Å². The second-order valence-electron chi connectivity index (χ2n) is 4.50. The van der Waals surface area contributed by atoms with Crippen molar-refractivity contribution in [3.63, 3.8) is 0 Å². The summed E-state index contributed by atoms with van der Waals surface area (Å²) in [6.45, 7) is 2.86. The number of likely N-dealkylation sites (N-methyl/N-ethyl adjacent to an activating group) is 1. The summed E-state index contributed by atoms with van der Waals surface area (Å²) in [5.74, 6) is -1.10. The van der Waals surface area contributed by atoms with Crippen molar-refractivity contribution < 1.29 is 14.4 Å². The van der Waals surface area contributed by atoms with Gasteiger partial charge in [0.1, 0.15) is 6.54 Å². The Hall–Kier alpha value is -2.21. The molecule has 3 amide bonds. The van der Waals surface area contributed by atoms with Crippen molar-refractivity contribution in [3.05, 3.63) is 35.4 Å². The Balaban J connectivity index is 2.14. The van der Waals surface area contributed by atoms with Crippen LogP contribution in [0, 0.1) is 0 Å². The molecule has 20 heavy (non-hydrogen) atoms. The molecule has 6 nitrogen and oxygen atoms in total. The van der Waals surface area contributed by atoms with E-state index in [0.717, 1.165) is 4.90 Å². The molecule has 0 bridgehead atoms. The van der Waals surface area contributed by atoms with Crippen LogP contribution in [0.3, 0.4) is 0 Å². The van der Waals surface area contributed by atoms with Crippen molar-refractivity contribution in [1.82, 2.24) is 9.80 Å². The van der Waals surface area contributed by atoms with Gasteiger partial charge in [-0.2, -0.15) is 0 Å². The summed E-state index contributed by atoms with van der Waals surface area (Å²) in [5, 5.41) is 0. The third-order valence-electron chi connectivity index (χ3n) is 3.31. The van der Waals surface area contributed by atoms with Gasteiger partial charge in [0.25, 0.3) is 11.8 Å². The monoisotopic (exact) mass is 275 g/mol. The lowest BCUT2D eigenvalue weighted by molar-refractivity contribution is -0.131. The molecule has 0 aromatic heterocycles. The Morgan fingerprint density at radius 1 is 1.20 bits per heavy atom. The van der Waals surface area contributed by atoms with Crippen LogP contribution in [0.5, 0.6) is 0 Å². The second-order valence-corrected chi connectivity index (χ2v) is 4.50. The van der Waals surface area contributed by atoms with Gasteiger partial charge in [-0.15, -0.1) is 0 Å². The van der Waals surface area contributed by atoms with Gasteiger partial charge in [0.15, 0.2) is 0 Å². The van der Waals surface area contributed by atoms with Crippen LogP contribution >= 0.6 is 0 Å². The van der Waals surface area contributed by atoms with Crippen molar-refractivity contribution in [3.8, 4) is 0 Å². The molecular formula is C14H17N3O3. The van der Waals surface area contributed by atoms with Crippen molar-refractivity contribution in [2.75, 3.05) is 26.2 Å². The van der Waals surface area contributed by atoms with Gasteiger partial charge in [0.2, 0.25) is 5.91 Å². The normalized spacial score (nSPS) is 13.6. The molecule has 0 fully saturated rings. The number of fused-ring (bicyclic) bond motifs is 1. The van der Waals surface area contributed by atoms with Gasteiger partial charge < -0.3 is 10.6 Å². The minimum absolute atomic E-state index is 0.236. The molecule has 1 aromatic carbocycles. The van der Waals surface area contributed by atoms with Crippen molar-refractivity contribution in [2.24, 2.45) is 5.73 Å². The minimum Gasteiger partial charge on any atom is -0.340 e. The summed E-state index contributed by atoms with van der Waals surface area (Å²) in [4.78, 5) is 38.9. The van der Waals surface area contributed by atoms with E-state index < -0.39 is 11.8 Å². The van der Waals surface area contributed by atoms with Gasteiger partial charge in [-0.3, -0.25) is 19.3 Å². The molecule has 106 valence electrons. The molecule has 1 aliphatic heterocycles. The molecule has 0 saturated carbocycles. The number of amides is 3. The average Bonchev–Trinajstić information content (AvgIpc) is 2.70. The molecule has 0 saturated heterocycles. The summed E-state index contributed by atoms with van der Waals surface area (Å²) in [7, 11) is 0. The van der Waals surface area contributed by atoms with Crippen LogP contribution in [0.1, 0.15) is 27.6 Å². The highest BCUT2D eigenvalue weighted by Crippen LogP contribution is 2.22. The number of nitrogens with zero attached hydrogens (tertiary/aromatic N) is 2. The van der Waals surface area contributed by atoms with Crippen LogP contribution in [0.25, 0.3) is 0 Å². The Labute approximate surface area is 117 Å². The number of carbonyl (C=O) groups excluding carboxylic acids is 3. The maximum absolute atomic E-state index is 12.1. The van der Waals surface area contributed by atoms with E-state index in [1.807, 2.05) is 6.92 Å². The van der Waals surface area contributed by atoms with E-state index in [4.69, 9.17) is 5.73 Å². The zero-order chi connectivity index (χ0) is 14.7. The number of nitrogens with two attached hydrogens (primary N) is 1. The predicted molar refractivity (Wildman–Crippen MR) is 73.1 cm³/mol. The molecule has 0 spiro atoms. The van der Waals surface area contributed by atoms with Crippen molar-refractivity contribution in [1.29, 1.82) is 0 Å². The number of hydrogen-bond acceptors (Lipinski definition) is 4. The number of benzene rings is 1. The molecular weight excluding hydrogens is 258 g/mol. The summed E-state index contributed by atoms with van der Waals surface area (Å²) >= 11 is 0. The summed E-state index contributed by atoms with van der Waals surface area (Å²) in [5.41, 5.74) is 6.14. The minimum atomic E-state index is -0.414. The summed E-state index contributed by atoms with van der Waals surface area (Å²) in [6, 6.07) is 6.58. The maximum atomic E-state index is 12.1. The molecule has 6 heteroatoms. The molecule has 0 aliphatic carbocycles. The van der Waals surface area contributed by atoms with Crippen LogP contribution < -0.4 is 5.73 Å². The smallest absolute Gasteiger partial charge is 0.262 e. The Morgan fingerprint density at radius 3 is 2.20 bits per heavy atom. The third kappa shape index (κ3) is 2.42. The molecule has 0 radical (unpaired) electrons. The number of hydrogen-bond donors (Lipinski definition) is 1. The second kappa shape index (κ2) is 5.83. The van der Waals surface area contributed by atoms with E-state index >= 15 is 0 Å². The van der Waals surface area contributed by atoms with E-state index in [9.17, 15) is 14.4 Å². The average molecular weight is 275 g/mol. The van der Waals surface area contributed by atoms with E-state index in [1.54, 1.807) is 24.3 Å². The van der Waals surface area contributed by atoms with E-state index in [0.29, 0.717) is 30.8 Å². The van der Waals surface area contributed by atoms with Gasteiger partial charge in [0.05, 0.1) is 11.1 Å². The standard InChI is InChI=1S/C14H17N3O3/c1-2-16(8-7-15)12(18)9-17-13(19)10-5-3-4-6-11(10)14(17)20/h3-6H,2,7-9,15H2,1H3. The summed E-state index contributed by atoms with van der Waals surface area (Å²) < 4.78 is 0. The van der Waals surface area contributed by atoms with Gasteiger partial charge in [-0.1, -0.05) is 12.1 Å². The number of rotatable bonds is 5. The fourth-order valence-electron chi connectivity index (χ4n) is 2.23. The Bertz CT molecular complexity index is 521. The molecule has 2 N–H and O–H groups in total. The zero-order valence-corrected chi connectivity index (χ0v) is 11.3. The molecule has 1 aromatic rings. The third-order valence-corrected chi connectivity index (χ3v) is 3.31. The topological polar surface area (TPSA) is 83.7 Å². The highest BCUT2D eigenvalue weighted by molar-refractivity contribution is 6.22. The SMILES string of the molecule is CCN(CCN)C(=O)CN1C(=O)c2ccccc2C1=O. The van der Waals surface area contributed by atoms with Crippen molar-refractivity contribution in [2.45, 2.75) is 6.92 Å². The van der Waals surface area contributed by atoms with Crippen LogP contribution in [-0.4, -0.2) is 53.7 Å². The maximum Gasteiger partial charge on any atom is 0.262 e. The van der Waals surface area contributed by atoms with Crippen LogP contribution in [-0.2, 0) is 4.79 Å². The van der Waals surface area contributed by atoms with Crippen molar-refractivity contribution >= 4 is 17.7 Å². The first kappa shape index (κ1) is 14.2. The predicted octanol–water partition coefficient (Wildman–Crippen LogP) is 0.0898. The van der Waals surface area contributed by atoms with Gasteiger partial charge in [-0.05, 0) is 19.1 Å². The van der Waals surface area contributed by atoms with Gasteiger partial charge in [0, 0.05) is 19.6 Å². The first-order chi connectivity index (χ1) is 9.60. The summed E-state index contributed by atoms with van der Waals surface area (Å²) in [6.07, 6.45) is 0. The zero-order valence-electron chi connectivity index (χ0n) is 11.3. The number of carbonyl (C=O) groups is 3. The van der Waals surface area contributed by atoms with Crippen LogP contribution in [0.15, 0.2) is 24.3 Å². The largest absolute Gasteiger partial charge is 0.340 e. The fourth-order valence-corrected chi connectivity index (χ4v) is 2.23. The van der Waals surface area contributed by atoms with E-state index in [1.165, 1.54) is 4.90 Å². The lowest BCUT2D eigenvalue weighted by atomic mass is 10.1.